The van der Waals surface area contributed by atoms with Crippen LogP contribution in [0, 0.1) is 0 Å². The zero-order chi connectivity index (χ0) is 15.1. The second-order valence-corrected chi connectivity index (χ2v) is 5.90. The molecule has 7 nitrogen and oxygen atoms in total. The average Bonchev–Trinajstić information content (AvgIpc) is 3.22. The van der Waals surface area contributed by atoms with E-state index in [-0.39, 0.29) is 0 Å². The van der Waals surface area contributed by atoms with Gasteiger partial charge in [-0.25, -0.2) is 0 Å². The number of rotatable bonds is 3. The van der Waals surface area contributed by atoms with Gasteiger partial charge in [-0.2, -0.15) is 0 Å². The summed E-state index contributed by atoms with van der Waals surface area (Å²) >= 11 is 1.57. The predicted octanol–water partition coefficient (Wildman–Crippen LogP) is 1.69. The Balaban J connectivity index is 1.61. The Morgan fingerprint density at radius 3 is 3.05 bits per heavy atom. The zero-order valence-electron chi connectivity index (χ0n) is 11.4. The Labute approximate surface area is 129 Å². The van der Waals surface area contributed by atoms with E-state index in [0.29, 0.717) is 11.5 Å². The molecular formula is C14H11N5O2S. The van der Waals surface area contributed by atoms with Crippen LogP contribution in [0.25, 0.3) is 10.9 Å². The highest BCUT2D eigenvalue weighted by atomic mass is 32.2. The van der Waals surface area contributed by atoms with E-state index in [1.165, 1.54) is 0 Å². The van der Waals surface area contributed by atoms with Crippen LogP contribution in [0.3, 0.4) is 0 Å². The summed E-state index contributed by atoms with van der Waals surface area (Å²) < 4.78 is 1.80. The highest BCUT2D eigenvalue weighted by Crippen LogP contribution is 2.26. The number of benzene rings is 1. The quantitative estimate of drug-likeness (QED) is 0.567. The number of nitrogens with zero attached hydrogens (tertiary/aromatic N) is 3. The monoisotopic (exact) mass is 313 g/mol. The van der Waals surface area contributed by atoms with Crippen LogP contribution in [0.4, 0.5) is 5.95 Å². The van der Waals surface area contributed by atoms with Crippen LogP contribution >= 0.6 is 11.8 Å². The van der Waals surface area contributed by atoms with Crippen molar-refractivity contribution in [2.45, 2.75) is 11.7 Å². The molecule has 8 heteroatoms. The molecule has 2 N–H and O–H groups in total. The molecule has 4 rings (SSSR count). The Kier molecular flexibility index (Phi) is 2.97. The molecule has 0 saturated heterocycles. The Bertz CT molecular complexity index is 898. The molecule has 0 atom stereocenters. The summed E-state index contributed by atoms with van der Waals surface area (Å²) in [6.07, 6.45) is 1.55. The SMILES string of the molecule is O=C(Nc1nnc2n1CCS2)C(=O)c1c[nH]c2ccccc12. The number of amides is 1. The van der Waals surface area contributed by atoms with E-state index in [0.717, 1.165) is 28.4 Å². The molecule has 22 heavy (non-hydrogen) atoms. The van der Waals surface area contributed by atoms with Crippen molar-refractivity contribution in [1.29, 1.82) is 0 Å². The highest BCUT2D eigenvalue weighted by molar-refractivity contribution is 7.99. The number of fused-ring (bicyclic) bond motifs is 2. The summed E-state index contributed by atoms with van der Waals surface area (Å²) in [5.41, 5.74) is 1.17. The molecule has 0 fully saturated rings. The van der Waals surface area contributed by atoms with Gasteiger partial charge in [0.05, 0.1) is 5.56 Å². The van der Waals surface area contributed by atoms with Crippen molar-refractivity contribution in [3.05, 3.63) is 36.0 Å². The van der Waals surface area contributed by atoms with Crippen LogP contribution in [-0.4, -0.2) is 37.2 Å². The molecule has 1 aliphatic heterocycles. The third kappa shape index (κ3) is 2.00. The van der Waals surface area contributed by atoms with Gasteiger partial charge >= 0.3 is 0 Å². The molecule has 3 heterocycles. The van der Waals surface area contributed by atoms with Crippen molar-refractivity contribution < 1.29 is 9.59 Å². The number of carbonyl (C=O) groups excluding carboxylic acids is 2. The maximum Gasteiger partial charge on any atom is 0.299 e. The van der Waals surface area contributed by atoms with Crippen LogP contribution < -0.4 is 5.32 Å². The number of Topliss-reactive ketones (excluding diaryl/α,β-unsaturated/α-hetero) is 1. The van der Waals surface area contributed by atoms with Crippen LogP contribution in [-0.2, 0) is 11.3 Å². The number of para-hydroxylation sites is 1. The number of carbonyl (C=O) groups is 2. The molecule has 0 bridgehead atoms. The fraction of sp³-hybridized carbons (Fsp3) is 0.143. The molecule has 110 valence electrons. The Morgan fingerprint density at radius 2 is 2.14 bits per heavy atom. The molecule has 0 aliphatic carbocycles. The first-order valence-electron chi connectivity index (χ1n) is 6.72. The predicted molar refractivity (Wildman–Crippen MR) is 82.0 cm³/mol. The number of hydrogen-bond acceptors (Lipinski definition) is 5. The first-order chi connectivity index (χ1) is 10.7. The van der Waals surface area contributed by atoms with Gasteiger partial charge in [0.2, 0.25) is 5.95 Å². The van der Waals surface area contributed by atoms with Gasteiger partial charge in [0, 0.05) is 29.4 Å². The largest absolute Gasteiger partial charge is 0.360 e. The summed E-state index contributed by atoms with van der Waals surface area (Å²) in [4.78, 5) is 27.5. The van der Waals surface area contributed by atoms with Gasteiger partial charge in [-0.3, -0.25) is 19.5 Å². The molecular weight excluding hydrogens is 302 g/mol. The number of hydrogen-bond donors (Lipinski definition) is 2. The lowest BCUT2D eigenvalue weighted by Gasteiger charge is -2.03. The van der Waals surface area contributed by atoms with Crippen LogP contribution in [0.1, 0.15) is 10.4 Å². The van der Waals surface area contributed by atoms with Crippen molar-refractivity contribution in [3.63, 3.8) is 0 Å². The van der Waals surface area contributed by atoms with E-state index in [2.05, 4.69) is 20.5 Å². The fourth-order valence-corrected chi connectivity index (χ4v) is 3.35. The lowest BCUT2D eigenvalue weighted by molar-refractivity contribution is -0.112. The molecule has 0 spiro atoms. The standard InChI is InChI=1S/C14H11N5O2S/c20-11(9-7-15-10-4-2-1-3-8(9)10)12(21)16-13-17-18-14-19(13)5-6-22-14/h1-4,7,15H,5-6H2,(H,16,17,21). The summed E-state index contributed by atoms with van der Waals surface area (Å²) in [6.45, 7) is 0.726. The smallest absolute Gasteiger partial charge is 0.299 e. The Morgan fingerprint density at radius 1 is 1.27 bits per heavy atom. The summed E-state index contributed by atoms with van der Waals surface area (Å²) in [7, 11) is 0. The van der Waals surface area contributed by atoms with Gasteiger partial charge in [0.1, 0.15) is 0 Å². The average molecular weight is 313 g/mol. The number of H-pyrrole nitrogens is 1. The number of thioether (sulfide) groups is 1. The first kappa shape index (κ1) is 13.1. The molecule has 0 radical (unpaired) electrons. The molecule has 2 aromatic heterocycles. The van der Waals surface area contributed by atoms with E-state index in [4.69, 9.17) is 0 Å². The Hall–Kier alpha value is -2.61. The van der Waals surface area contributed by atoms with Crippen molar-refractivity contribution in [1.82, 2.24) is 19.7 Å². The van der Waals surface area contributed by atoms with Crippen molar-refractivity contribution >= 4 is 40.3 Å². The van der Waals surface area contributed by atoms with Gasteiger partial charge in [-0.15, -0.1) is 10.2 Å². The first-order valence-corrected chi connectivity index (χ1v) is 7.70. The number of aromatic amines is 1. The third-order valence-electron chi connectivity index (χ3n) is 3.53. The molecule has 0 saturated carbocycles. The van der Waals surface area contributed by atoms with Gasteiger partial charge in [0.25, 0.3) is 11.7 Å². The number of nitrogens with one attached hydrogen (secondary N) is 2. The van der Waals surface area contributed by atoms with Crippen molar-refractivity contribution in [3.8, 4) is 0 Å². The van der Waals surface area contributed by atoms with Crippen LogP contribution in [0.2, 0.25) is 0 Å². The molecule has 1 amide bonds. The van der Waals surface area contributed by atoms with Gasteiger partial charge < -0.3 is 4.98 Å². The molecule has 0 unspecified atom stereocenters. The maximum atomic E-state index is 12.4. The lowest BCUT2D eigenvalue weighted by atomic mass is 10.1. The van der Waals surface area contributed by atoms with Gasteiger partial charge in [0.15, 0.2) is 5.16 Å². The number of anilines is 1. The summed E-state index contributed by atoms with van der Waals surface area (Å²) in [5.74, 6) is -0.0973. The lowest BCUT2D eigenvalue weighted by Crippen LogP contribution is -2.24. The minimum absolute atomic E-state index is 0.318. The van der Waals surface area contributed by atoms with E-state index in [9.17, 15) is 9.59 Å². The molecule has 1 aliphatic rings. The summed E-state index contributed by atoms with van der Waals surface area (Å²) in [5, 5.41) is 11.9. The topological polar surface area (TPSA) is 92.7 Å². The number of aromatic nitrogens is 4. The second kappa shape index (κ2) is 4.99. The maximum absolute atomic E-state index is 12.4. The zero-order valence-corrected chi connectivity index (χ0v) is 12.2. The minimum Gasteiger partial charge on any atom is -0.360 e. The van der Waals surface area contributed by atoms with E-state index in [1.54, 1.807) is 28.6 Å². The van der Waals surface area contributed by atoms with E-state index >= 15 is 0 Å². The van der Waals surface area contributed by atoms with Crippen molar-refractivity contribution in [2.75, 3.05) is 11.1 Å². The second-order valence-electron chi connectivity index (χ2n) is 4.84. The number of ketones is 1. The fourth-order valence-electron chi connectivity index (χ4n) is 2.46. The summed E-state index contributed by atoms with van der Waals surface area (Å²) in [6, 6.07) is 7.35. The normalized spacial score (nSPS) is 13.3. The molecule has 1 aromatic carbocycles. The van der Waals surface area contributed by atoms with Crippen LogP contribution in [0.15, 0.2) is 35.6 Å². The van der Waals surface area contributed by atoms with E-state index in [1.807, 2.05) is 18.2 Å². The minimum atomic E-state index is -0.711. The third-order valence-corrected chi connectivity index (χ3v) is 4.48. The van der Waals surface area contributed by atoms with E-state index < -0.39 is 11.7 Å². The molecule has 3 aromatic rings. The van der Waals surface area contributed by atoms with Gasteiger partial charge in [-0.1, -0.05) is 30.0 Å². The van der Waals surface area contributed by atoms with Crippen LogP contribution in [0.5, 0.6) is 0 Å². The highest BCUT2D eigenvalue weighted by Gasteiger charge is 2.24. The van der Waals surface area contributed by atoms with Crippen molar-refractivity contribution in [2.24, 2.45) is 0 Å². The van der Waals surface area contributed by atoms with Gasteiger partial charge in [-0.05, 0) is 6.07 Å².